The average molecular weight is 473 g/mol. The van der Waals surface area contributed by atoms with Crippen molar-refractivity contribution in [1.82, 2.24) is 0 Å². The number of nitrogens with one attached hydrogen (secondary N) is 1. The molecule has 0 bridgehead atoms. The lowest BCUT2D eigenvalue weighted by molar-refractivity contribution is -0.125. The maximum atomic E-state index is 13.0. The fourth-order valence-corrected chi connectivity index (χ4v) is 3.92. The molecule has 1 aliphatic heterocycles. The van der Waals surface area contributed by atoms with E-state index >= 15 is 0 Å². The van der Waals surface area contributed by atoms with Crippen LogP contribution in [0.25, 0.3) is 6.08 Å². The number of carbonyl (C=O) groups is 2. The van der Waals surface area contributed by atoms with Gasteiger partial charge in [-0.15, -0.1) is 0 Å². The van der Waals surface area contributed by atoms with Crippen molar-refractivity contribution in [2.75, 3.05) is 24.4 Å². The van der Waals surface area contributed by atoms with Crippen LogP contribution >= 0.6 is 0 Å². The van der Waals surface area contributed by atoms with E-state index in [4.69, 9.17) is 14.2 Å². The highest BCUT2D eigenvalue weighted by Gasteiger charge is 2.32. The molecule has 3 aromatic rings. The molecule has 1 atom stereocenters. The highest BCUT2D eigenvalue weighted by atomic mass is 16.5. The van der Waals surface area contributed by atoms with Gasteiger partial charge >= 0.3 is 0 Å². The lowest BCUT2D eigenvalue weighted by Gasteiger charge is -2.33. The summed E-state index contributed by atoms with van der Waals surface area (Å²) in [7, 11) is 3.13. The van der Waals surface area contributed by atoms with Crippen molar-refractivity contribution in [2.45, 2.75) is 26.5 Å². The Bertz CT molecular complexity index is 1280. The second-order valence-corrected chi connectivity index (χ2v) is 8.23. The van der Waals surface area contributed by atoms with E-state index in [1.54, 1.807) is 62.5 Å². The smallest absolute Gasteiger partial charge is 0.268 e. The highest BCUT2D eigenvalue weighted by molar-refractivity contribution is 6.04. The summed E-state index contributed by atoms with van der Waals surface area (Å²) in [6, 6.07) is 18.6. The highest BCUT2D eigenvalue weighted by Crippen LogP contribution is 2.37. The number of fused-ring (bicyclic) bond motifs is 1. The normalized spacial score (nSPS) is 14.9. The third kappa shape index (κ3) is 5.30. The number of anilines is 2. The molecule has 0 saturated heterocycles. The van der Waals surface area contributed by atoms with Crippen LogP contribution < -0.4 is 24.4 Å². The average Bonchev–Trinajstić information content (AvgIpc) is 2.86. The molecule has 7 heteroatoms. The minimum absolute atomic E-state index is 0.127. The van der Waals surface area contributed by atoms with Crippen LogP contribution in [0.5, 0.6) is 17.2 Å². The van der Waals surface area contributed by atoms with Gasteiger partial charge in [-0.2, -0.15) is 0 Å². The van der Waals surface area contributed by atoms with Crippen LogP contribution in [0.1, 0.15) is 23.6 Å². The van der Waals surface area contributed by atoms with Gasteiger partial charge in [0.2, 0.25) is 5.91 Å². The van der Waals surface area contributed by atoms with Gasteiger partial charge in [0.1, 0.15) is 5.75 Å². The molecule has 0 fully saturated rings. The Labute approximate surface area is 204 Å². The number of hydrogen-bond donors (Lipinski definition) is 1. The van der Waals surface area contributed by atoms with Crippen molar-refractivity contribution < 1.29 is 23.8 Å². The van der Waals surface area contributed by atoms with E-state index in [1.807, 2.05) is 37.3 Å². The second-order valence-electron chi connectivity index (χ2n) is 8.23. The number of rotatable bonds is 7. The minimum atomic E-state index is -0.587. The molecule has 3 aromatic carbocycles. The van der Waals surface area contributed by atoms with Crippen molar-refractivity contribution in [2.24, 2.45) is 0 Å². The largest absolute Gasteiger partial charge is 0.493 e. The zero-order valence-corrected chi connectivity index (χ0v) is 20.2. The van der Waals surface area contributed by atoms with Crippen molar-refractivity contribution in [3.8, 4) is 17.2 Å². The molecular formula is C28H28N2O5. The Balaban J connectivity index is 1.54. The number of amides is 2. The molecule has 0 aromatic heterocycles. The van der Waals surface area contributed by atoms with Crippen molar-refractivity contribution in [1.29, 1.82) is 0 Å². The molecule has 4 rings (SSSR count). The Morgan fingerprint density at radius 1 is 1.06 bits per heavy atom. The zero-order valence-electron chi connectivity index (χ0n) is 20.2. The SMILES string of the molecule is COc1ccc(/C=C/C(=O)Nc2ccc3c(c2)N(Cc2ccccc2C)C(=O)C(C)O3)cc1OC. The number of ether oxygens (including phenoxy) is 3. The molecule has 0 saturated carbocycles. The molecule has 0 aliphatic carbocycles. The third-order valence-corrected chi connectivity index (χ3v) is 5.86. The summed E-state index contributed by atoms with van der Waals surface area (Å²) in [5, 5.41) is 2.86. The van der Waals surface area contributed by atoms with E-state index in [9.17, 15) is 9.59 Å². The van der Waals surface area contributed by atoms with Gasteiger partial charge in [0.15, 0.2) is 17.6 Å². The fourth-order valence-electron chi connectivity index (χ4n) is 3.92. The predicted octanol–water partition coefficient (Wildman–Crippen LogP) is 4.98. The Hall–Kier alpha value is -4.26. The summed E-state index contributed by atoms with van der Waals surface area (Å²) >= 11 is 0. The van der Waals surface area contributed by atoms with Crippen LogP contribution in [-0.4, -0.2) is 32.1 Å². The standard InChI is InChI=1S/C28H28N2O5/c1-18-7-5-6-8-21(18)17-30-23-16-22(11-13-24(23)35-19(2)28(30)32)29-27(31)14-10-20-9-12-25(33-3)26(15-20)34-4/h5-16,19H,17H2,1-4H3,(H,29,31)/b14-10+. The summed E-state index contributed by atoms with van der Waals surface area (Å²) < 4.78 is 16.4. The molecular weight excluding hydrogens is 444 g/mol. The molecule has 35 heavy (non-hydrogen) atoms. The van der Waals surface area contributed by atoms with Gasteiger partial charge in [-0.25, -0.2) is 0 Å². The molecule has 0 spiro atoms. The fraction of sp³-hybridized carbons (Fsp3) is 0.214. The van der Waals surface area contributed by atoms with Crippen LogP contribution in [0.15, 0.2) is 66.7 Å². The molecule has 1 heterocycles. The molecule has 0 radical (unpaired) electrons. The van der Waals surface area contributed by atoms with Gasteiger partial charge in [-0.05, 0) is 66.9 Å². The lowest BCUT2D eigenvalue weighted by Crippen LogP contribution is -2.44. The second kappa shape index (κ2) is 10.3. The van der Waals surface area contributed by atoms with E-state index in [1.165, 1.54) is 6.08 Å². The number of aryl methyl sites for hydroxylation is 1. The van der Waals surface area contributed by atoms with Crippen molar-refractivity contribution >= 4 is 29.3 Å². The Morgan fingerprint density at radius 2 is 1.83 bits per heavy atom. The first-order valence-electron chi connectivity index (χ1n) is 11.3. The quantitative estimate of drug-likeness (QED) is 0.491. The van der Waals surface area contributed by atoms with Gasteiger partial charge in [0.25, 0.3) is 5.91 Å². The third-order valence-electron chi connectivity index (χ3n) is 5.86. The Morgan fingerprint density at radius 3 is 2.57 bits per heavy atom. The van der Waals surface area contributed by atoms with Crippen LogP contribution in [0.3, 0.4) is 0 Å². The first kappa shape index (κ1) is 23.9. The molecule has 7 nitrogen and oxygen atoms in total. The van der Waals surface area contributed by atoms with Crippen LogP contribution in [0.2, 0.25) is 0 Å². The topological polar surface area (TPSA) is 77.1 Å². The molecule has 1 unspecified atom stereocenters. The van der Waals surface area contributed by atoms with Crippen LogP contribution in [-0.2, 0) is 16.1 Å². The van der Waals surface area contributed by atoms with Crippen molar-refractivity contribution in [3.05, 3.63) is 83.4 Å². The van der Waals surface area contributed by atoms with E-state index in [0.29, 0.717) is 35.2 Å². The number of methoxy groups -OCH3 is 2. The lowest BCUT2D eigenvalue weighted by atomic mass is 10.1. The Kier molecular flexibility index (Phi) is 7.06. The van der Waals surface area contributed by atoms with Crippen LogP contribution in [0, 0.1) is 6.92 Å². The summed E-state index contributed by atoms with van der Waals surface area (Å²) in [5.41, 5.74) is 4.13. The van der Waals surface area contributed by atoms with Gasteiger partial charge in [-0.3, -0.25) is 9.59 Å². The van der Waals surface area contributed by atoms with E-state index < -0.39 is 6.10 Å². The zero-order chi connectivity index (χ0) is 24.9. The summed E-state index contributed by atoms with van der Waals surface area (Å²) in [4.78, 5) is 27.3. The maximum Gasteiger partial charge on any atom is 0.268 e. The van der Waals surface area contributed by atoms with Gasteiger partial charge in [0.05, 0.1) is 26.5 Å². The van der Waals surface area contributed by atoms with E-state index in [-0.39, 0.29) is 11.8 Å². The predicted molar refractivity (Wildman–Crippen MR) is 136 cm³/mol. The maximum absolute atomic E-state index is 13.0. The number of nitrogens with zero attached hydrogens (tertiary/aromatic N) is 1. The summed E-state index contributed by atoms with van der Waals surface area (Å²) in [5.74, 6) is 1.37. The minimum Gasteiger partial charge on any atom is -0.493 e. The first-order chi connectivity index (χ1) is 16.9. The van der Waals surface area contributed by atoms with Gasteiger partial charge in [-0.1, -0.05) is 30.3 Å². The molecule has 2 amide bonds. The van der Waals surface area contributed by atoms with Gasteiger partial charge in [0, 0.05) is 11.8 Å². The molecule has 1 N–H and O–H groups in total. The monoisotopic (exact) mass is 472 g/mol. The molecule has 180 valence electrons. The number of hydrogen-bond acceptors (Lipinski definition) is 5. The number of carbonyl (C=O) groups excluding carboxylic acids is 2. The van der Waals surface area contributed by atoms with E-state index in [2.05, 4.69) is 5.32 Å². The first-order valence-corrected chi connectivity index (χ1v) is 11.3. The molecule has 1 aliphatic rings. The number of benzene rings is 3. The van der Waals surface area contributed by atoms with E-state index in [0.717, 1.165) is 16.7 Å². The van der Waals surface area contributed by atoms with Crippen LogP contribution in [0.4, 0.5) is 11.4 Å². The van der Waals surface area contributed by atoms with Gasteiger partial charge < -0.3 is 24.4 Å². The van der Waals surface area contributed by atoms with Crippen molar-refractivity contribution in [3.63, 3.8) is 0 Å². The summed E-state index contributed by atoms with van der Waals surface area (Å²) in [6.07, 6.45) is 2.54. The summed E-state index contributed by atoms with van der Waals surface area (Å²) in [6.45, 7) is 4.18.